The predicted octanol–water partition coefficient (Wildman–Crippen LogP) is 2.14. The van der Waals surface area contributed by atoms with E-state index in [1.807, 2.05) is 57.0 Å². The van der Waals surface area contributed by atoms with Crippen LogP contribution in [-0.4, -0.2) is 54.3 Å². The van der Waals surface area contributed by atoms with Crippen LogP contribution in [0.25, 0.3) is 0 Å². The van der Waals surface area contributed by atoms with Crippen LogP contribution in [0.15, 0.2) is 24.3 Å². The molecule has 2 amide bonds. The summed E-state index contributed by atoms with van der Waals surface area (Å²) >= 11 is 5.86. The van der Waals surface area contributed by atoms with E-state index in [0.29, 0.717) is 11.6 Å². The van der Waals surface area contributed by atoms with E-state index in [-0.39, 0.29) is 30.4 Å². The van der Waals surface area contributed by atoms with Crippen LogP contribution in [0, 0.1) is 0 Å². The van der Waals surface area contributed by atoms with Crippen LogP contribution in [0.2, 0.25) is 5.02 Å². The maximum atomic E-state index is 12.2. The highest BCUT2D eigenvalue weighted by atomic mass is 35.5. The predicted molar refractivity (Wildman–Crippen MR) is 93.3 cm³/mol. The molecule has 6 heteroatoms. The summed E-state index contributed by atoms with van der Waals surface area (Å²) < 4.78 is 0. The summed E-state index contributed by atoms with van der Waals surface area (Å²) in [7, 11) is 3.51. The summed E-state index contributed by atoms with van der Waals surface area (Å²) in [5.41, 5.74) is 0.782. The quantitative estimate of drug-likeness (QED) is 0.864. The van der Waals surface area contributed by atoms with E-state index in [2.05, 4.69) is 5.32 Å². The van der Waals surface area contributed by atoms with Crippen molar-refractivity contribution < 1.29 is 9.59 Å². The molecule has 0 aliphatic heterocycles. The number of likely N-dealkylation sites (N-methyl/N-ethyl adjacent to an activating group) is 2. The van der Waals surface area contributed by atoms with Crippen LogP contribution in [0.4, 0.5) is 0 Å². The van der Waals surface area contributed by atoms with Crippen molar-refractivity contribution in [2.45, 2.75) is 32.9 Å². The van der Waals surface area contributed by atoms with Gasteiger partial charge in [-0.05, 0) is 45.5 Å². The number of halogens is 1. The molecule has 0 radical (unpaired) electrons. The molecule has 0 aliphatic rings. The first kappa shape index (κ1) is 19.5. The number of amides is 2. The van der Waals surface area contributed by atoms with E-state index < -0.39 is 0 Å². The molecule has 1 aromatic carbocycles. The summed E-state index contributed by atoms with van der Waals surface area (Å²) in [5.74, 6) is -0.251. The Hall–Kier alpha value is -1.59. The number of benzene rings is 1. The van der Waals surface area contributed by atoms with Crippen LogP contribution < -0.4 is 5.32 Å². The van der Waals surface area contributed by atoms with Crippen molar-refractivity contribution in [1.82, 2.24) is 15.1 Å². The molecule has 0 unspecified atom stereocenters. The SMILES string of the molecule is CN(CC(=O)N(C)CC(=O)NC(C)(C)C)Cc1ccc(Cl)cc1. The molecule has 0 atom stereocenters. The number of carbonyl (C=O) groups is 2. The fourth-order valence-electron chi connectivity index (χ4n) is 2.07. The molecule has 23 heavy (non-hydrogen) atoms. The molecule has 1 N–H and O–H groups in total. The maximum Gasteiger partial charge on any atom is 0.240 e. The Kier molecular flexibility index (Phi) is 7.03. The van der Waals surface area contributed by atoms with Gasteiger partial charge in [0.25, 0.3) is 0 Å². The van der Waals surface area contributed by atoms with Crippen LogP contribution >= 0.6 is 11.6 Å². The van der Waals surface area contributed by atoms with E-state index >= 15 is 0 Å². The van der Waals surface area contributed by atoms with Crippen molar-refractivity contribution in [3.8, 4) is 0 Å². The summed E-state index contributed by atoms with van der Waals surface area (Å²) in [6, 6.07) is 7.53. The smallest absolute Gasteiger partial charge is 0.240 e. The highest BCUT2D eigenvalue weighted by molar-refractivity contribution is 6.30. The minimum Gasteiger partial charge on any atom is -0.350 e. The number of carbonyl (C=O) groups excluding carboxylic acids is 2. The van der Waals surface area contributed by atoms with Gasteiger partial charge in [0, 0.05) is 24.2 Å². The molecule has 0 aromatic heterocycles. The highest BCUT2D eigenvalue weighted by Gasteiger charge is 2.18. The lowest BCUT2D eigenvalue weighted by atomic mass is 10.1. The molecule has 0 spiro atoms. The van der Waals surface area contributed by atoms with Crippen LogP contribution in [0.3, 0.4) is 0 Å². The van der Waals surface area contributed by atoms with Crippen molar-refractivity contribution in [2.24, 2.45) is 0 Å². The number of nitrogens with one attached hydrogen (secondary N) is 1. The first-order valence-electron chi connectivity index (χ1n) is 7.55. The standard InChI is InChI=1S/C17H26ClN3O2/c1-17(2,3)19-15(22)11-21(5)16(23)12-20(4)10-13-6-8-14(18)9-7-13/h6-9H,10-12H2,1-5H3,(H,19,22). The van der Waals surface area contributed by atoms with Gasteiger partial charge < -0.3 is 10.2 Å². The molecule has 5 nitrogen and oxygen atoms in total. The van der Waals surface area contributed by atoms with Gasteiger partial charge in [-0.3, -0.25) is 14.5 Å². The van der Waals surface area contributed by atoms with Crippen molar-refractivity contribution in [2.75, 3.05) is 27.2 Å². The summed E-state index contributed by atoms with van der Waals surface area (Å²) in [5, 5.41) is 3.54. The minimum absolute atomic E-state index is 0.0604. The molecule has 128 valence electrons. The Morgan fingerprint density at radius 1 is 1.09 bits per heavy atom. The zero-order chi connectivity index (χ0) is 17.6. The highest BCUT2D eigenvalue weighted by Crippen LogP contribution is 2.10. The Morgan fingerprint density at radius 3 is 2.17 bits per heavy atom. The van der Waals surface area contributed by atoms with E-state index in [9.17, 15) is 9.59 Å². The van der Waals surface area contributed by atoms with Gasteiger partial charge in [-0.1, -0.05) is 23.7 Å². The van der Waals surface area contributed by atoms with E-state index in [0.717, 1.165) is 5.56 Å². The van der Waals surface area contributed by atoms with Gasteiger partial charge in [-0.15, -0.1) is 0 Å². The van der Waals surface area contributed by atoms with Crippen LogP contribution in [-0.2, 0) is 16.1 Å². The molecular formula is C17H26ClN3O2. The normalized spacial score (nSPS) is 11.4. The Morgan fingerprint density at radius 2 is 1.65 bits per heavy atom. The van der Waals surface area contributed by atoms with E-state index in [1.165, 1.54) is 4.90 Å². The molecule has 1 rings (SSSR count). The largest absolute Gasteiger partial charge is 0.350 e. The van der Waals surface area contributed by atoms with Gasteiger partial charge in [0.15, 0.2) is 0 Å². The zero-order valence-corrected chi connectivity index (χ0v) is 15.3. The third-order valence-corrected chi connectivity index (χ3v) is 3.34. The van der Waals surface area contributed by atoms with Crippen molar-refractivity contribution in [1.29, 1.82) is 0 Å². The van der Waals surface area contributed by atoms with Gasteiger partial charge >= 0.3 is 0 Å². The maximum absolute atomic E-state index is 12.2. The summed E-state index contributed by atoms with van der Waals surface area (Å²) in [4.78, 5) is 27.4. The van der Waals surface area contributed by atoms with Gasteiger partial charge in [-0.2, -0.15) is 0 Å². The monoisotopic (exact) mass is 339 g/mol. The lowest BCUT2D eigenvalue weighted by Crippen LogP contribution is -2.47. The third-order valence-electron chi connectivity index (χ3n) is 3.09. The first-order chi connectivity index (χ1) is 10.6. The lowest BCUT2D eigenvalue weighted by Gasteiger charge is -2.25. The van der Waals surface area contributed by atoms with Gasteiger partial charge in [0.2, 0.25) is 11.8 Å². The van der Waals surface area contributed by atoms with Crippen molar-refractivity contribution >= 4 is 23.4 Å². The molecule has 1 aromatic rings. The molecule has 0 aliphatic carbocycles. The number of nitrogens with zero attached hydrogens (tertiary/aromatic N) is 2. The number of hydrogen-bond donors (Lipinski definition) is 1. The zero-order valence-electron chi connectivity index (χ0n) is 14.5. The topological polar surface area (TPSA) is 52.7 Å². The van der Waals surface area contributed by atoms with Gasteiger partial charge in [-0.25, -0.2) is 0 Å². The van der Waals surface area contributed by atoms with Crippen molar-refractivity contribution in [3.63, 3.8) is 0 Å². The Labute approximate surface area is 143 Å². The average molecular weight is 340 g/mol. The second kappa shape index (κ2) is 8.31. The second-order valence-electron chi connectivity index (χ2n) is 6.85. The van der Waals surface area contributed by atoms with Gasteiger partial charge in [0.05, 0.1) is 13.1 Å². The first-order valence-corrected chi connectivity index (χ1v) is 7.92. The molecular weight excluding hydrogens is 314 g/mol. The fourth-order valence-corrected chi connectivity index (χ4v) is 2.20. The summed E-state index contributed by atoms with van der Waals surface area (Å²) in [6.45, 7) is 6.68. The summed E-state index contributed by atoms with van der Waals surface area (Å²) in [6.07, 6.45) is 0. The van der Waals surface area contributed by atoms with E-state index in [4.69, 9.17) is 11.6 Å². The second-order valence-corrected chi connectivity index (χ2v) is 7.28. The van der Waals surface area contributed by atoms with Crippen LogP contribution in [0.1, 0.15) is 26.3 Å². The Balaban J connectivity index is 2.44. The lowest BCUT2D eigenvalue weighted by molar-refractivity contribution is -0.136. The molecule has 0 bridgehead atoms. The Bertz CT molecular complexity index is 538. The molecule has 0 heterocycles. The average Bonchev–Trinajstić information content (AvgIpc) is 2.38. The number of rotatable bonds is 6. The third kappa shape index (κ3) is 8.00. The van der Waals surface area contributed by atoms with Gasteiger partial charge in [0.1, 0.15) is 0 Å². The van der Waals surface area contributed by atoms with Crippen LogP contribution in [0.5, 0.6) is 0 Å². The molecule has 0 fully saturated rings. The molecule has 0 saturated heterocycles. The van der Waals surface area contributed by atoms with E-state index in [1.54, 1.807) is 7.05 Å². The molecule has 0 saturated carbocycles. The minimum atomic E-state index is -0.299. The number of hydrogen-bond acceptors (Lipinski definition) is 3. The fraction of sp³-hybridized carbons (Fsp3) is 0.529. The van der Waals surface area contributed by atoms with Crippen molar-refractivity contribution in [3.05, 3.63) is 34.9 Å².